The molecule has 1 aliphatic carbocycles. The summed E-state index contributed by atoms with van der Waals surface area (Å²) in [4.78, 5) is 15.0. The van der Waals surface area contributed by atoms with Crippen molar-refractivity contribution in [1.29, 1.82) is 0 Å². The number of nitrogens with one attached hydrogen (secondary N) is 1. The fraction of sp³-hybridized carbons (Fsp3) is 0.304. The molecular weight excluding hydrogens is 435 g/mol. The van der Waals surface area contributed by atoms with Crippen LogP contribution in [0.25, 0.3) is 32.7 Å². The van der Waals surface area contributed by atoms with Gasteiger partial charge in [-0.3, -0.25) is 0 Å². The lowest BCUT2D eigenvalue weighted by molar-refractivity contribution is -0.0389. The second kappa shape index (κ2) is 7.67. The van der Waals surface area contributed by atoms with Gasteiger partial charge in [0.2, 0.25) is 0 Å². The minimum absolute atomic E-state index is 0.239. The quantitative estimate of drug-likeness (QED) is 0.411. The van der Waals surface area contributed by atoms with Gasteiger partial charge in [0.15, 0.2) is 0 Å². The van der Waals surface area contributed by atoms with Crippen molar-refractivity contribution in [2.75, 3.05) is 14.1 Å². The number of halogens is 2. The first-order chi connectivity index (χ1) is 14.8. The van der Waals surface area contributed by atoms with Crippen molar-refractivity contribution in [2.45, 2.75) is 31.4 Å². The number of aromatic nitrogens is 3. The molecule has 31 heavy (non-hydrogen) atoms. The number of hydrogen-bond acceptors (Lipinski definition) is 5. The predicted octanol–water partition coefficient (Wildman–Crippen LogP) is 5.58. The summed E-state index contributed by atoms with van der Waals surface area (Å²) in [6, 6.07) is 7.21. The predicted molar refractivity (Wildman–Crippen MR) is 123 cm³/mol. The first-order valence-corrected chi connectivity index (χ1v) is 11.3. The zero-order chi connectivity index (χ0) is 21.8. The van der Waals surface area contributed by atoms with E-state index in [1.807, 2.05) is 37.2 Å². The Bertz CT molecular complexity index is 1280. The third-order valence-corrected chi connectivity index (χ3v) is 7.29. The van der Waals surface area contributed by atoms with E-state index in [1.54, 1.807) is 18.5 Å². The van der Waals surface area contributed by atoms with Gasteiger partial charge < -0.3 is 15.0 Å². The molecule has 0 amide bonds. The Kier molecular flexibility index (Phi) is 5.09. The van der Waals surface area contributed by atoms with E-state index in [1.165, 1.54) is 11.3 Å². The van der Waals surface area contributed by atoms with Crippen LogP contribution in [0, 0.1) is 5.82 Å². The highest BCUT2D eigenvalue weighted by atomic mass is 35.5. The molecule has 1 aliphatic rings. The Morgan fingerprint density at radius 3 is 2.71 bits per heavy atom. The normalized spacial score (nSPS) is 15.5. The van der Waals surface area contributed by atoms with Gasteiger partial charge in [-0.2, -0.15) is 0 Å². The minimum Gasteiger partial charge on any atom is -0.383 e. The lowest BCUT2D eigenvalue weighted by Gasteiger charge is -2.34. The molecule has 0 saturated heterocycles. The highest BCUT2D eigenvalue weighted by Crippen LogP contribution is 2.46. The van der Waals surface area contributed by atoms with Crippen molar-refractivity contribution in [3.8, 4) is 21.7 Å². The smallest absolute Gasteiger partial charge is 0.138 e. The van der Waals surface area contributed by atoms with E-state index in [0.29, 0.717) is 22.8 Å². The van der Waals surface area contributed by atoms with Gasteiger partial charge in [0.05, 0.1) is 9.90 Å². The van der Waals surface area contributed by atoms with Crippen LogP contribution >= 0.6 is 22.9 Å². The molecule has 8 heteroatoms. The number of aromatic amines is 1. The summed E-state index contributed by atoms with van der Waals surface area (Å²) in [5, 5.41) is 12.7. The highest BCUT2D eigenvalue weighted by molar-refractivity contribution is 7.15. The molecule has 5 rings (SSSR count). The van der Waals surface area contributed by atoms with Crippen molar-refractivity contribution >= 4 is 34.0 Å². The summed E-state index contributed by atoms with van der Waals surface area (Å²) in [6.07, 6.45) is 5.86. The molecule has 3 heterocycles. The topological polar surface area (TPSA) is 65.0 Å². The fourth-order valence-electron chi connectivity index (χ4n) is 3.97. The SMILES string of the molecule is CN(C)Cc1ccc(-c2cc3c(-c4cnc(C5(O)CCC5)s4)c(Cl)cnc3[nH]2)cc1F. The first kappa shape index (κ1) is 20.6. The number of aliphatic hydroxyl groups is 1. The van der Waals surface area contributed by atoms with E-state index >= 15 is 0 Å². The number of fused-ring (bicyclic) bond motifs is 1. The number of H-pyrrole nitrogens is 1. The molecule has 0 radical (unpaired) electrons. The van der Waals surface area contributed by atoms with Gasteiger partial charge in [0, 0.05) is 46.7 Å². The van der Waals surface area contributed by atoms with E-state index in [0.717, 1.165) is 51.4 Å². The van der Waals surface area contributed by atoms with Crippen LogP contribution in [0.5, 0.6) is 0 Å². The molecule has 0 unspecified atom stereocenters. The third-order valence-electron chi connectivity index (χ3n) is 5.79. The summed E-state index contributed by atoms with van der Waals surface area (Å²) in [5.74, 6) is -0.239. The number of benzene rings is 1. The molecular formula is C23H22ClFN4OS. The Morgan fingerprint density at radius 2 is 2.03 bits per heavy atom. The number of thiazole rings is 1. The third kappa shape index (κ3) is 3.65. The molecule has 0 spiro atoms. The molecule has 0 atom stereocenters. The molecule has 160 valence electrons. The monoisotopic (exact) mass is 456 g/mol. The van der Waals surface area contributed by atoms with Crippen molar-refractivity contribution in [2.24, 2.45) is 0 Å². The molecule has 0 aliphatic heterocycles. The van der Waals surface area contributed by atoms with Crippen LogP contribution in [-0.4, -0.2) is 39.1 Å². The van der Waals surface area contributed by atoms with Gasteiger partial charge in [-0.05, 0) is 45.5 Å². The maximum atomic E-state index is 14.6. The largest absolute Gasteiger partial charge is 0.383 e. The lowest BCUT2D eigenvalue weighted by Crippen LogP contribution is -2.33. The molecule has 1 aromatic carbocycles. The fourth-order valence-corrected chi connectivity index (χ4v) is 5.41. The van der Waals surface area contributed by atoms with Gasteiger partial charge in [-0.15, -0.1) is 11.3 Å². The standard InChI is InChI=1S/C23H22ClFN4OS/c1-29(2)12-14-5-4-13(8-17(14)25)18-9-15-20(16(24)10-26-21(15)28-18)19-11-27-22(31-19)23(30)6-3-7-23/h4-5,8-11,30H,3,6-7,12H2,1-2H3,(H,26,28). The second-order valence-electron chi connectivity index (χ2n) is 8.39. The van der Waals surface area contributed by atoms with E-state index in [-0.39, 0.29) is 5.82 Å². The van der Waals surface area contributed by atoms with Crippen LogP contribution in [0.1, 0.15) is 29.8 Å². The van der Waals surface area contributed by atoms with Crippen LogP contribution < -0.4 is 0 Å². The Hall–Kier alpha value is -2.32. The first-order valence-electron chi connectivity index (χ1n) is 10.1. The highest BCUT2D eigenvalue weighted by Gasteiger charge is 2.39. The Labute approximate surface area is 188 Å². The molecule has 5 nitrogen and oxygen atoms in total. The second-order valence-corrected chi connectivity index (χ2v) is 9.82. The molecule has 1 fully saturated rings. The van der Waals surface area contributed by atoms with Crippen molar-refractivity contribution in [3.05, 3.63) is 58.1 Å². The van der Waals surface area contributed by atoms with E-state index in [2.05, 4.69) is 15.0 Å². The van der Waals surface area contributed by atoms with E-state index in [9.17, 15) is 9.50 Å². The van der Waals surface area contributed by atoms with Crippen LogP contribution in [0.2, 0.25) is 5.02 Å². The van der Waals surface area contributed by atoms with E-state index in [4.69, 9.17) is 11.6 Å². The maximum Gasteiger partial charge on any atom is 0.138 e. The average molecular weight is 457 g/mol. The molecule has 4 aromatic rings. The van der Waals surface area contributed by atoms with Crippen LogP contribution in [-0.2, 0) is 12.1 Å². The summed E-state index contributed by atoms with van der Waals surface area (Å²) in [7, 11) is 3.83. The zero-order valence-corrected chi connectivity index (χ0v) is 18.8. The molecule has 1 saturated carbocycles. The number of rotatable bonds is 5. The van der Waals surface area contributed by atoms with Crippen molar-refractivity contribution in [3.63, 3.8) is 0 Å². The molecule has 2 N–H and O–H groups in total. The van der Waals surface area contributed by atoms with Crippen LogP contribution in [0.4, 0.5) is 4.39 Å². The average Bonchev–Trinajstić information content (AvgIpc) is 3.35. The molecule has 3 aromatic heterocycles. The zero-order valence-electron chi connectivity index (χ0n) is 17.2. The van der Waals surface area contributed by atoms with Crippen molar-refractivity contribution in [1.82, 2.24) is 19.9 Å². The summed E-state index contributed by atoms with van der Waals surface area (Å²) < 4.78 is 14.6. The summed E-state index contributed by atoms with van der Waals surface area (Å²) in [5.41, 5.74) is 2.85. The summed E-state index contributed by atoms with van der Waals surface area (Å²) >= 11 is 8.00. The lowest BCUT2D eigenvalue weighted by atomic mass is 9.81. The Balaban J connectivity index is 1.56. The minimum atomic E-state index is -0.809. The Morgan fingerprint density at radius 1 is 1.23 bits per heavy atom. The maximum absolute atomic E-state index is 14.6. The van der Waals surface area contributed by atoms with Gasteiger partial charge in [0.25, 0.3) is 0 Å². The molecule has 0 bridgehead atoms. The van der Waals surface area contributed by atoms with Crippen molar-refractivity contribution < 1.29 is 9.50 Å². The van der Waals surface area contributed by atoms with Gasteiger partial charge >= 0.3 is 0 Å². The van der Waals surface area contributed by atoms with Gasteiger partial charge in [-0.1, -0.05) is 23.7 Å². The van der Waals surface area contributed by atoms with Gasteiger partial charge in [-0.25, -0.2) is 14.4 Å². The van der Waals surface area contributed by atoms with Crippen LogP contribution in [0.15, 0.2) is 36.7 Å². The van der Waals surface area contributed by atoms with Crippen LogP contribution in [0.3, 0.4) is 0 Å². The number of pyridine rings is 1. The number of nitrogens with zero attached hydrogens (tertiary/aromatic N) is 3. The number of hydrogen-bond donors (Lipinski definition) is 2. The van der Waals surface area contributed by atoms with E-state index < -0.39 is 5.60 Å². The summed E-state index contributed by atoms with van der Waals surface area (Å²) in [6.45, 7) is 0.542. The van der Waals surface area contributed by atoms with Gasteiger partial charge in [0.1, 0.15) is 22.1 Å².